The van der Waals surface area contributed by atoms with E-state index in [4.69, 9.17) is 4.74 Å². The van der Waals surface area contributed by atoms with Crippen LogP contribution in [0.5, 0.6) is 0 Å². The number of ether oxygens (including phenoxy) is 1. The van der Waals surface area contributed by atoms with Crippen LogP contribution in [0.3, 0.4) is 0 Å². The summed E-state index contributed by atoms with van der Waals surface area (Å²) in [7, 11) is 0. The van der Waals surface area contributed by atoms with E-state index in [1.165, 1.54) is 11.3 Å². The monoisotopic (exact) mass is 371 g/mol. The van der Waals surface area contributed by atoms with E-state index in [9.17, 15) is 22.8 Å². The number of carbonyl (C=O) groups is 2. The molecule has 8 heteroatoms. The zero-order valence-electron chi connectivity index (χ0n) is 13.6. The standard InChI is InChI=1S/C17H16F3NO3S/c1-3-13-10(2)8-14(25-13)16(23)24-9-15(22)21-12-6-4-11(5-7-12)17(18,19)20/h4-8H,3,9H2,1-2H3,(H,21,22). The first-order valence-corrected chi connectivity index (χ1v) is 8.26. The molecule has 1 aromatic carbocycles. The van der Waals surface area contributed by atoms with Gasteiger partial charge in [-0.25, -0.2) is 4.79 Å². The maximum absolute atomic E-state index is 12.5. The Morgan fingerprint density at radius 1 is 1.20 bits per heavy atom. The van der Waals surface area contributed by atoms with Crippen LogP contribution in [0.4, 0.5) is 18.9 Å². The summed E-state index contributed by atoms with van der Waals surface area (Å²) in [5.74, 6) is -1.23. The van der Waals surface area contributed by atoms with Gasteiger partial charge in [-0.2, -0.15) is 13.2 Å². The van der Waals surface area contributed by atoms with E-state index in [2.05, 4.69) is 5.32 Å². The molecule has 0 aliphatic carbocycles. The zero-order valence-corrected chi connectivity index (χ0v) is 14.4. The van der Waals surface area contributed by atoms with Gasteiger partial charge in [0.2, 0.25) is 0 Å². The van der Waals surface area contributed by atoms with E-state index >= 15 is 0 Å². The number of amides is 1. The smallest absolute Gasteiger partial charge is 0.416 e. The molecule has 1 aromatic heterocycles. The SMILES string of the molecule is CCc1sc(C(=O)OCC(=O)Nc2ccc(C(F)(F)F)cc2)cc1C. The van der Waals surface area contributed by atoms with Crippen LogP contribution in [0.2, 0.25) is 0 Å². The van der Waals surface area contributed by atoms with Gasteiger partial charge in [-0.15, -0.1) is 11.3 Å². The van der Waals surface area contributed by atoms with E-state index in [-0.39, 0.29) is 5.69 Å². The van der Waals surface area contributed by atoms with Crippen molar-refractivity contribution in [1.82, 2.24) is 0 Å². The van der Waals surface area contributed by atoms with Gasteiger partial charge in [-0.05, 0) is 49.2 Å². The molecule has 0 unspecified atom stereocenters. The van der Waals surface area contributed by atoms with Crippen LogP contribution in [0.1, 0.15) is 32.6 Å². The molecule has 0 saturated carbocycles. The fraction of sp³-hybridized carbons (Fsp3) is 0.294. The van der Waals surface area contributed by atoms with Crippen molar-refractivity contribution in [2.45, 2.75) is 26.4 Å². The van der Waals surface area contributed by atoms with E-state index in [1.807, 2.05) is 13.8 Å². The van der Waals surface area contributed by atoms with Crippen LogP contribution < -0.4 is 5.32 Å². The van der Waals surface area contributed by atoms with Gasteiger partial charge in [0.1, 0.15) is 4.88 Å². The highest BCUT2D eigenvalue weighted by Crippen LogP contribution is 2.29. The van der Waals surface area contributed by atoms with Crippen molar-refractivity contribution in [3.05, 3.63) is 51.2 Å². The summed E-state index contributed by atoms with van der Waals surface area (Å²) < 4.78 is 42.3. The molecule has 2 aromatic rings. The number of hydrogen-bond acceptors (Lipinski definition) is 4. The van der Waals surface area contributed by atoms with E-state index in [1.54, 1.807) is 6.07 Å². The minimum atomic E-state index is -4.44. The fourth-order valence-corrected chi connectivity index (χ4v) is 3.12. The van der Waals surface area contributed by atoms with Crippen molar-refractivity contribution in [1.29, 1.82) is 0 Å². The summed E-state index contributed by atoms with van der Waals surface area (Å²) >= 11 is 1.31. The van der Waals surface area contributed by atoms with Crippen LogP contribution in [0.15, 0.2) is 30.3 Å². The molecule has 0 atom stereocenters. The van der Waals surface area contributed by atoms with Crippen LogP contribution in [-0.4, -0.2) is 18.5 Å². The van der Waals surface area contributed by atoms with Gasteiger partial charge < -0.3 is 10.1 Å². The number of alkyl halides is 3. The first-order valence-electron chi connectivity index (χ1n) is 7.44. The predicted octanol–water partition coefficient (Wildman–Crippen LogP) is 4.43. The summed E-state index contributed by atoms with van der Waals surface area (Å²) in [5, 5.41) is 2.38. The lowest BCUT2D eigenvalue weighted by Gasteiger charge is -2.09. The molecule has 1 N–H and O–H groups in total. The Kier molecular flexibility index (Phi) is 5.84. The number of rotatable bonds is 5. The summed E-state index contributed by atoms with van der Waals surface area (Å²) in [6.45, 7) is 3.35. The normalized spacial score (nSPS) is 11.2. The number of nitrogens with one attached hydrogen (secondary N) is 1. The Bertz CT molecular complexity index is 766. The lowest BCUT2D eigenvalue weighted by atomic mass is 10.2. The third-order valence-corrected chi connectivity index (χ3v) is 4.73. The number of aryl methyl sites for hydroxylation is 2. The fourth-order valence-electron chi connectivity index (χ4n) is 2.11. The van der Waals surface area contributed by atoms with Crippen LogP contribution >= 0.6 is 11.3 Å². The van der Waals surface area contributed by atoms with Gasteiger partial charge in [-0.1, -0.05) is 6.92 Å². The van der Waals surface area contributed by atoms with Gasteiger partial charge in [0.05, 0.1) is 5.56 Å². The van der Waals surface area contributed by atoms with Crippen molar-refractivity contribution >= 4 is 28.9 Å². The molecule has 2 rings (SSSR count). The summed E-state index contributed by atoms with van der Waals surface area (Å²) in [6.07, 6.45) is -3.63. The maximum atomic E-state index is 12.5. The third kappa shape index (κ3) is 5.06. The van der Waals surface area contributed by atoms with E-state index in [0.29, 0.717) is 4.88 Å². The number of hydrogen-bond donors (Lipinski definition) is 1. The number of carbonyl (C=O) groups excluding carboxylic acids is 2. The van der Waals surface area contributed by atoms with Crippen molar-refractivity contribution in [2.24, 2.45) is 0 Å². The lowest BCUT2D eigenvalue weighted by Crippen LogP contribution is -2.20. The zero-order chi connectivity index (χ0) is 18.6. The van der Waals surface area contributed by atoms with E-state index in [0.717, 1.165) is 41.1 Å². The van der Waals surface area contributed by atoms with Crippen LogP contribution in [-0.2, 0) is 22.1 Å². The molecule has 1 heterocycles. The van der Waals surface area contributed by atoms with Gasteiger partial charge in [-0.3, -0.25) is 4.79 Å². The molecule has 25 heavy (non-hydrogen) atoms. The second kappa shape index (κ2) is 7.69. The molecule has 4 nitrogen and oxygen atoms in total. The summed E-state index contributed by atoms with van der Waals surface area (Å²) in [6, 6.07) is 5.71. The van der Waals surface area contributed by atoms with E-state index < -0.39 is 30.2 Å². The summed E-state index contributed by atoms with van der Waals surface area (Å²) in [4.78, 5) is 25.2. The average molecular weight is 371 g/mol. The molecule has 0 aliphatic heterocycles. The van der Waals surface area contributed by atoms with Crippen molar-refractivity contribution in [3.63, 3.8) is 0 Å². The van der Waals surface area contributed by atoms with Gasteiger partial charge in [0.15, 0.2) is 6.61 Å². The number of halogens is 3. The molecule has 0 radical (unpaired) electrons. The molecule has 0 fully saturated rings. The Balaban J connectivity index is 1.88. The highest BCUT2D eigenvalue weighted by Gasteiger charge is 2.30. The highest BCUT2D eigenvalue weighted by molar-refractivity contribution is 7.14. The molecule has 0 saturated heterocycles. The number of anilines is 1. The Morgan fingerprint density at radius 2 is 1.84 bits per heavy atom. The molecule has 134 valence electrons. The molecule has 0 bridgehead atoms. The molecular weight excluding hydrogens is 355 g/mol. The quantitative estimate of drug-likeness (QED) is 0.791. The molecule has 1 amide bonds. The predicted molar refractivity (Wildman–Crippen MR) is 88.8 cm³/mol. The second-order valence-electron chi connectivity index (χ2n) is 5.27. The first-order chi connectivity index (χ1) is 11.7. The maximum Gasteiger partial charge on any atom is 0.416 e. The number of esters is 1. The van der Waals surface area contributed by atoms with Gasteiger partial charge in [0.25, 0.3) is 5.91 Å². The first kappa shape index (κ1) is 19.0. The second-order valence-corrected chi connectivity index (χ2v) is 6.41. The minimum Gasteiger partial charge on any atom is -0.451 e. The van der Waals surface area contributed by atoms with Crippen molar-refractivity contribution in [2.75, 3.05) is 11.9 Å². The van der Waals surface area contributed by atoms with Crippen molar-refractivity contribution in [3.8, 4) is 0 Å². The van der Waals surface area contributed by atoms with Gasteiger partial charge in [0, 0.05) is 10.6 Å². The highest BCUT2D eigenvalue weighted by atomic mass is 32.1. The number of thiophene rings is 1. The molecule has 0 spiro atoms. The average Bonchev–Trinajstić information content (AvgIpc) is 2.93. The lowest BCUT2D eigenvalue weighted by molar-refractivity contribution is -0.137. The Morgan fingerprint density at radius 3 is 2.36 bits per heavy atom. The minimum absolute atomic E-state index is 0.189. The van der Waals surface area contributed by atoms with Crippen LogP contribution in [0, 0.1) is 6.92 Å². The Hall–Kier alpha value is -2.35. The topological polar surface area (TPSA) is 55.4 Å². The molecular formula is C17H16F3NO3S. The van der Waals surface area contributed by atoms with Gasteiger partial charge >= 0.3 is 12.1 Å². The summed E-state index contributed by atoms with van der Waals surface area (Å²) in [5.41, 5.74) is 0.375. The van der Waals surface area contributed by atoms with Crippen LogP contribution in [0.25, 0.3) is 0 Å². The molecule has 0 aliphatic rings. The largest absolute Gasteiger partial charge is 0.451 e. The van der Waals surface area contributed by atoms with Crippen molar-refractivity contribution < 1.29 is 27.5 Å². The number of benzene rings is 1. The Labute approximate surface area is 146 Å². The third-order valence-electron chi connectivity index (χ3n) is 3.37.